The van der Waals surface area contributed by atoms with E-state index in [1.165, 1.54) is 6.07 Å². The number of amides is 2. The van der Waals surface area contributed by atoms with Crippen molar-refractivity contribution in [1.82, 2.24) is 4.90 Å². The van der Waals surface area contributed by atoms with Crippen LogP contribution in [0.3, 0.4) is 0 Å². The number of halogens is 1. The smallest absolute Gasteiger partial charge is 0.416 e. The number of nitrogens with zero attached hydrogens (tertiary/aromatic N) is 2. The largest absolute Gasteiger partial charge is 0.452 e. The van der Waals surface area contributed by atoms with Crippen LogP contribution in [0.5, 0.6) is 0 Å². The fourth-order valence-corrected chi connectivity index (χ4v) is 1.88. The molecule has 116 valence electrons. The first-order chi connectivity index (χ1) is 10.4. The normalized spacial score (nSPS) is 13.7. The van der Waals surface area contributed by atoms with Crippen LogP contribution in [0.25, 0.3) is 0 Å². The zero-order valence-electron chi connectivity index (χ0n) is 11.0. The Labute approximate surface area is 128 Å². The highest BCUT2D eigenvalue weighted by Crippen LogP contribution is 2.22. The molecule has 2 amide bonds. The lowest BCUT2D eigenvalue weighted by atomic mass is 10.2. The van der Waals surface area contributed by atoms with Gasteiger partial charge in [-0.15, -0.1) is 0 Å². The van der Waals surface area contributed by atoms with Gasteiger partial charge < -0.3 is 9.47 Å². The second kappa shape index (κ2) is 6.39. The first kappa shape index (κ1) is 15.7. The average molecular weight is 329 g/mol. The number of non-ortho nitro benzene ring substituents is 1. The maximum atomic E-state index is 11.8. The lowest BCUT2D eigenvalue weighted by Crippen LogP contribution is -2.35. The van der Waals surface area contributed by atoms with E-state index in [4.69, 9.17) is 16.3 Å². The number of imide groups is 1. The third-order valence-corrected chi connectivity index (χ3v) is 3.10. The summed E-state index contributed by atoms with van der Waals surface area (Å²) in [6.45, 7) is -0.547. The Morgan fingerprint density at radius 3 is 2.77 bits per heavy atom. The third-order valence-electron chi connectivity index (χ3n) is 2.77. The van der Waals surface area contributed by atoms with Gasteiger partial charge in [-0.2, -0.15) is 0 Å². The molecule has 0 bridgehead atoms. The molecule has 0 spiro atoms. The molecule has 1 heterocycles. The number of nitro groups is 1. The molecule has 0 atom stereocenters. The number of carbonyl (C=O) groups excluding carboxylic acids is 3. The summed E-state index contributed by atoms with van der Waals surface area (Å²) in [5.74, 6) is -1.76. The molecule has 0 aromatic heterocycles. The molecule has 1 aromatic rings. The van der Waals surface area contributed by atoms with Gasteiger partial charge in [0.25, 0.3) is 11.6 Å². The first-order valence-electron chi connectivity index (χ1n) is 5.98. The number of esters is 1. The Morgan fingerprint density at radius 2 is 2.18 bits per heavy atom. The van der Waals surface area contributed by atoms with Gasteiger partial charge in [0.1, 0.15) is 6.61 Å². The van der Waals surface area contributed by atoms with E-state index in [0.717, 1.165) is 17.0 Å². The fraction of sp³-hybridized carbons (Fsp3) is 0.250. The van der Waals surface area contributed by atoms with Crippen molar-refractivity contribution in [1.29, 1.82) is 0 Å². The van der Waals surface area contributed by atoms with Gasteiger partial charge in [0.05, 0.1) is 22.1 Å². The van der Waals surface area contributed by atoms with Gasteiger partial charge in [0.15, 0.2) is 6.61 Å². The standard InChI is InChI=1S/C12H9ClN2O7/c13-9-2-1-7(15(19)20)5-8(9)11(17)22-6-10(16)14-3-4-21-12(14)18/h1-2,5H,3-4,6H2. The van der Waals surface area contributed by atoms with E-state index in [1.807, 2.05) is 0 Å². The van der Waals surface area contributed by atoms with Crippen molar-refractivity contribution in [2.45, 2.75) is 0 Å². The minimum absolute atomic E-state index is 0.0522. The molecule has 1 aliphatic heterocycles. The molecule has 1 saturated heterocycles. The maximum Gasteiger partial charge on any atom is 0.416 e. The number of carbonyl (C=O) groups is 3. The summed E-state index contributed by atoms with van der Waals surface area (Å²) >= 11 is 5.77. The van der Waals surface area contributed by atoms with E-state index in [-0.39, 0.29) is 29.4 Å². The summed E-state index contributed by atoms with van der Waals surface area (Å²) in [6.07, 6.45) is -0.811. The number of benzene rings is 1. The van der Waals surface area contributed by atoms with Crippen LogP contribution in [0, 0.1) is 10.1 Å². The SMILES string of the molecule is O=C(OCC(=O)N1CCOC1=O)c1cc([N+](=O)[O-])ccc1Cl. The van der Waals surface area contributed by atoms with E-state index in [0.29, 0.717) is 0 Å². The number of rotatable bonds is 4. The molecule has 10 heteroatoms. The van der Waals surface area contributed by atoms with Crippen LogP contribution >= 0.6 is 11.6 Å². The average Bonchev–Trinajstić information content (AvgIpc) is 2.90. The molecular formula is C12H9ClN2O7. The molecule has 0 N–H and O–H groups in total. The topological polar surface area (TPSA) is 116 Å². The summed E-state index contributed by atoms with van der Waals surface area (Å²) in [5.41, 5.74) is -0.585. The van der Waals surface area contributed by atoms with Gasteiger partial charge in [-0.25, -0.2) is 14.5 Å². The summed E-state index contributed by atoms with van der Waals surface area (Å²) in [7, 11) is 0. The highest BCUT2D eigenvalue weighted by Gasteiger charge is 2.29. The Bertz CT molecular complexity index is 661. The summed E-state index contributed by atoms with van der Waals surface area (Å²) in [5, 5.41) is 10.6. The number of cyclic esters (lactones) is 1. The molecule has 9 nitrogen and oxygen atoms in total. The predicted octanol–water partition coefficient (Wildman–Crippen LogP) is 1.38. The second-order valence-corrected chi connectivity index (χ2v) is 4.56. The fourth-order valence-electron chi connectivity index (χ4n) is 1.69. The van der Waals surface area contributed by atoms with Crippen molar-refractivity contribution >= 4 is 35.3 Å². The van der Waals surface area contributed by atoms with E-state index in [9.17, 15) is 24.5 Å². The van der Waals surface area contributed by atoms with E-state index >= 15 is 0 Å². The molecule has 0 unspecified atom stereocenters. The van der Waals surface area contributed by atoms with Crippen LogP contribution in [-0.2, 0) is 14.3 Å². The van der Waals surface area contributed by atoms with E-state index < -0.39 is 29.5 Å². The molecule has 1 fully saturated rings. The van der Waals surface area contributed by atoms with Crippen LogP contribution < -0.4 is 0 Å². The quantitative estimate of drug-likeness (QED) is 0.465. The molecule has 1 aromatic carbocycles. The lowest BCUT2D eigenvalue weighted by Gasteiger charge is -2.11. The molecular weight excluding hydrogens is 320 g/mol. The molecule has 2 rings (SSSR count). The Balaban J connectivity index is 2.03. The first-order valence-corrected chi connectivity index (χ1v) is 6.36. The molecule has 22 heavy (non-hydrogen) atoms. The van der Waals surface area contributed by atoms with Crippen molar-refractivity contribution in [3.63, 3.8) is 0 Å². The Kier molecular flexibility index (Phi) is 4.56. The predicted molar refractivity (Wildman–Crippen MR) is 71.4 cm³/mol. The maximum absolute atomic E-state index is 11.8. The summed E-state index contributed by atoms with van der Waals surface area (Å²) < 4.78 is 9.29. The van der Waals surface area contributed by atoms with Gasteiger partial charge in [-0.1, -0.05) is 11.6 Å². The van der Waals surface area contributed by atoms with E-state index in [1.54, 1.807) is 0 Å². The summed E-state index contributed by atoms with van der Waals surface area (Å²) in [4.78, 5) is 45.4. The van der Waals surface area contributed by atoms with Crippen molar-refractivity contribution < 1.29 is 28.8 Å². The third kappa shape index (κ3) is 3.31. The highest BCUT2D eigenvalue weighted by molar-refractivity contribution is 6.33. The van der Waals surface area contributed by atoms with Gasteiger partial charge in [0.2, 0.25) is 0 Å². The number of hydrogen-bond acceptors (Lipinski definition) is 7. The molecule has 0 saturated carbocycles. The monoisotopic (exact) mass is 328 g/mol. The van der Waals surface area contributed by atoms with Gasteiger partial charge in [-0.3, -0.25) is 14.9 Å². The van der Waals surface area contributed by atoms with Crippen LogP contribution in [0.1, 0.15) is 10.4 Å². The number of hydrogen-bond donors (Lipinski definition) is 0. The summed E-state index contributed by atoms with van der Waals surface area (Å²) in [6, 6.07) is 3.25. The molecule has 0 radical (unpaired) electrons. The van der Waals surface area contributed by atoms with Crippen molar-refractivity contribution in [2.24, 2.45) is 0 Å². The molecule has 0 aliphatic carbocycles. The minimum Gasteiger partial charge on any atom is -0.452 e. The lowest BCUT2D eigenvalue weighted by molar-refractivity contribution is -0.384. The van der Waals surface area contributed by atoms with Crippen molar-refractivity contribution in [3.05, 3.63) is 38.9 Å². The second-order valence-electron chi connectivity index (χ2n) is 4.16. The van der Waals surface area contributed by atoms with Crippen LogP contribution in [-0.4, -0.2) is 47.6 Å². The van der Waals surface area contributed by atoms with E-state index in [2.05, 4.69) is 4.74 Å². The number of ether oxygens (including phenoxy) is 2. The van der Waals surface area contributed by atoms with Crippen LogP contribution in [0.15, 0.2) is 18.2 Å². The van der Waals surface area contributed by atoms with Crippen LogP contribution in [0.2, 0.25) is 5.02 Å². The van der Waals surface area contributed by atoms with Gasteiger partial charge >= 0.3 is 12.1 Å². The highest BCUT2D eigenvalue weighted by atomic mass is 35.5. The van der Waals surface area contributed by atoms with Gasteiger partial charge in [-0.05, 0) is 6.07 Å². The molecule has 1 aliphatic rings. The Hall–Kier alpha value is -2.68. The van der Waals surface area contributed by atoms with Gasteiger partial charge in [0, 0.05) is 12.1 Å². The van der Waals surface area contributed by atoms with Crippen LogP contribution in [0.4, 0.5) is 10.5 Å². The number of nitro benzene ring substituents is 1. The van der Waals surface area contributed by atoms with Crippen molar-refractivity contribution in [3.8, 4) is 0 Å². The van der Waals surface area contributed by atoms with Crippen molar-refractivity contribution in [2.75, 3.05) is 19.8 Å². The zero-order chi connectivity index (χ0) is 16.3. The Morgan fingerprint density at radius 1 is 1.45 bits per heavy atom. The zero-order valence-corrected chi connectivity index (χ0v) is 11.7. The minimum atomic E-state index is -1.00.